The highest BCUT2D eigenvalue weighted by molar-refractivity contribution is 7.22. The number of hydrogen-bond donors (Lipinski definition) is 1. The lowest BCUT2D eigenvalue weighted by atomic mass is 10.3. The zero-order valence-corrected chi connectivity index (χ0v) is 9.58. The highest BCUT2D eigenvalue weighted by Gasteiger charge is 2.39. The van der Waals surface area contributed by atoms with Crippen molar-refractivity contribution in [2.75, 3.05) is 5.32 Å². The number of fused-ring (bicyclic) bond motifs is 1. The van der Waals surface area contributed by atoms with E-state index in [1.54, 1.807) is 17.4 Å². The van der Waals surface area contributed by atoms with Gasteiger partial charge in [-0.25, -0.2) is 4.98 Å². The molecule has 1 heterocycles. The molecule has 2 aromatic rings. The molecule has 8 heteroatoms. The van der Waals surface area contributed by atoms with Crippen molar-refractivity contribution in [3.8, 4) is 0 Å². The number of anilines is 1. The molecule has 0 unspecified atom stereocenters. The molecule has 1 aromatic heterocycles. The number of thiazole rings is 1. The molecule has 0 atom stereocenters. The summed E-state index contributed by atoms with van der Waals surface area (Å²) in [5.74, 6) is -2.04. The van der Waals surface area contributed by atoms with Gasteiger partial charge >= 0.3 is 12.1 Å². The van der Waals surface area contributed by atoms with Crippen LogP contribution in [-0.4, -0.2) is 17.1 Å². The van der Waals surface area contributed by atoms with E-state index in [2.05, 4.69) is 4.98 Å². The number of nitrogens with zero attached hydrogens (tertiary/aromatic N) is 1. The summed E-state index contributed by atoms with van der Waals surface area (Å²) in [6, 6.07) is 4.73. The molecule has 0 fully saturated rings. The third kappa shape index (κ3) is 2.67. The summed E-state index contributed by atoms with van der Waals surface area (Å²) in [5.41, 5.74) is 0.444. The van der Waals surface area contributed by atoms with Gasteiger partial charge in [-0.1, -0.05) is 22.9 Å². The van der Waals surface area contributed by atoms with Crippen molar-refractivity contribution in [1.29, 1.82) is 0 Å². The summed E-state index contributed by atoms with van der Waals surface area (Å²) >= 11 is 6.65. The van der Waals surface area contributed by atoms with Gasteiger partial charge in [0, 0.05) is 5.02 Å². The SMILES string of the molecule is O=C(Nc1nc2cc(Cl)ccc2s1)C(F)(F)F. The third-order valence-electron chi connectivity index (χ3n) is 1.83. The molecule has 0 spiro atoms. The highest BCUT2D eigenvalue weighted by atomic mass is 35.5. The average molecular weight is 281 g/mol. The van der Waals surface area contributed by atoms with E-state index in [1.807, 2.05) is 0 Å². The first kappa shape index (κ1) is 12.1. The summed E-state index contributed by atoms with van der Waals surface area (Å²) in [7, 11) is 0. The summed E-state index contributed by atoms with van der Waals surface area (Å²) in [4.78, 5) is 14.5. The lowest BCUT2D eigenvalue weighted by Gasteiger charge is -2.03. The number of benzene rings is 1. The second-order valence-electron chi connectivity index (χ2n) is 3.08. The molecule has 3 nitrogen and oxygen atoms in total. The first-order chi connectivity index (χ1) is 7.86. The van der Waals surface area contributed by atoms with Crippen LogP contribution < -0.4 is 5.32 Å². The maximum Gasteiger partial charge on any atom is 0.471 e. The standard InChI is InChI=1S/C9H4ClF3N2OS/c10-4-1-2-6-5(3-4)14-8(17-6)15-7(16)9(11,12)13/h1-3H,(H,14,15,16). The fourth-order valence-corrected chi connectivity index (χ4v) is 2.13. The fraction of sp³-hybridized carbons (Fsp3) is 0.111. The molecule has 0 saturated carbocycles. The normalized spacial score (nSPS) is 11.8. The van der Waals surface area contributed by atoms with Crippen molar-refractivity contribution < 1.29 is 18.0 Å². The second kappa shape index (κ2) is 4.15. The largest absolute Gasteiger partial charge is 0.471 e. The van der Waals surface area contributed by atoms with Crippen LogP contribution in [0.15, 0.2) is 18.2 Å². The molecule has 2 rings (SSSR count). The molecule has 0 aliphatic rings. The van der Waals surface area contributed by atoms with Crippen molar-refractivity contribution in [3.63, 3.8) is 0 Å². The number of nitrogens with one attached hydrogen (secondary N) is 1. The van der Waals surface area contributed by atoms with Crippen LogP contribution in [0.25, 0.3) is 10.2 Å². The van der Waals surface area contributed by atoms with Gasteiger partial charge in [0.05, 0.1) is 10.2 Å². The van der Waals surface area contributed by atoms with Gasteiger partial charge in [0.1, 0.15) is 0 Å². The van der Waals surface area contributed by atoms with Crippen LogP contribution in [0, 0.1) is 0 Å². The van der Waals surface area contributed by atoms with Crippen molar-refractivity contribution in [2.24, 2.45) is 0 Å². The Morgan fingerprint density at radius 1 is 1.41 bits per heavy atom. The van der Waals surface area contributed by atoms with Crippen LogP contribution in [0.5, 0.6) is 0 Å². The number of alkyl halides is 3. The first-order valence-electron chi connectivity index (χ1n) is 4.30. The smallest absolute Gasteiger partial charge is 0.294 e. The molecule has 17 heavy (non-hydrogen) atoms. The maximum absolute atomic E-state index is 12.0. The van der Waals surface area contributed by atoms with Gasteiger partial charge < -0.3 is 0 Å². The Hall–Kier alpha value is -1.34. The van der Waals surface area contributed by atoms with E-state index < -0.39 is 12.1 Å². The van der Waals surface area contributed by atoms with Gasteiger partial charge in [-0.2, -0.15) is 13.2 Å². The molecule has 0 aliphatic carbocycles. The van der Waals surface area contributed by atoms with E-state index in [0.29, 0.717) is 15.2 Å². The second-order valence-corrected chi connectivity index (χ2v) is 4.55. The Labute approximate surface area is 102 Å². The third-order valence-corrected chi connectivity index (χ3v) is 3.01. The van der Waals surface area contributed by atoms with E-state index in [-0.39, 0.29) is 5.13 Å². The van der Waals surface area contributed by atoms with E-state index >= 15 is 0 Å². The fourth-order valence-electron chi connectivity index (χ4n) is 1.12. The van der Waals surface area contributed by atoms with E-state index in [0.717, 1.165) is 11.3 Å². The predicted octanol–water partition coefficient (Wildman–Crippen LogP) is 3.45. The number of carbonyl (C=O) groups excluding carboxylic acids is 1. The van der Waals surface area contributed by atoms with E-state index in [1.165, 1.54) is 6.07 Å². The zero-order valence-electron chi connectivity index (χ0n) is 8.01. The van der Waals surface area contributed by atoms with Gasteiger partial charge in [-0.3, -0.25) is 10.1 Å². The molecule has 1 aromatic carbocycles. The number of carbonyl (C=O) groups is 1. The lowest BCUT2D eigenvalue weighted by molar-refractivity contribution is -0.167. The van der Waals surface area contributed by atoms with Gasteiger partial charge in [0.15, 0.2) is 5.13 Å². The van der Waals surface area contributed by atoms with Crippen LogP contribution in [0.1, 0.15) is 0 Å². The molecule has 1 N–H and O–H groups in total. The van der Waals surface area contributed by atoms with Crippen LogP contribution in [0.2, 0.25) is 5.02 Å². The summed E-state index contributed by atoms with van der Waals surface area (Å²) in [5, 5.41) is 2.01. The molecule has 90 valence electrons. The first-order valence-corrected chi connectivity index (χ1v) is 5.50. The van der Waals surface area contributed by atoms with E-state index in [4.69, 9.17) is 11.6 Å². The van der Waals surface area contributed by atoms with E-state index in [9.17, 15) is 18.0 Å². The van der Waals surface area contributed by atoms with Gasteiger partial charge in [0.25, 0.3) is 0 Å². The van der Waals surface area contributed by atoms with Crippen molar-refractivity contribution >= 4 is 44.2 Å². The Balaban J connectivity index is 2.29. The number of aromatic nitrogens is 1. The number of amides is 1. The Morgan fingerprint density at radius 3 is 2.76 bits per heavy atom. The lowest BCUT2D eigenvalue weighted by Crippen LogP contribution is -2.29. The van der Waals surface area contributed by atoms with Crippen LogP contribution >= 0.6 is 22.9 Å². The number of halogens is 4. The predicted molar refractivity (Wildman–Crippen MR) is 59.3 cm³/mol. The summed E-state index contributed by atoms with van der Waals surface area (Å²) < 4.78 is 36.6. The Kier molecular flexibility index (Phi) is 2.96. The Bertz CT molecular complexity index is 581. The molecule has 0 radical (unpaired) electrons. The maximum atomic E-state index is 12.0. The Morgan fingerprint density at radius 2 is 2.12 bits per heavy atom. The number of hydrogen-bond acceptors (Lipinski definition) is 3. The van der Waals surface area contributed by atoms with Crippen LogP contribution in [0.3, 0.4) is 0 Å². The summed E-state index contributed by atoms with van der Waals surface area (Å²) in [6.07, 6.45) is -4.92. The van der Waals surface area contributed by atoms with Crippen molar-refractivity contribution in [2.45, 2.75) is 6.18 Å². The molecule has 0 aliphatic heterocycles. The molecule has 0 bridgehead atoms. The summed E-state index contributed by atoms with van der Waals surface area (Å²) in [6.45, 7) is 0. The number of rotatable bonds is 1. The van der Waals surface area contributed by atoms with Gasteiger partial charge in [0.2, 0.25) is 0 Å². The van der Waals surface area contributed by atoms with Gasteiger partial charge in [-0.05, 0) is 18.2 Å². The van der Waals surface area contributed by atoms with Crippen molar-refractivity contribution in [1.82, 2.24) is 4.98 Å². The molecular weight excluding hydrogens is 277 g/mol. The minimum absolute atomic E-state index is 0.107. The highest BCUT2D eigenvalue weighted by Crippen LogP contribution is 2.29. The quantitative estimate of drug-likeness (QED) is 0.869. The molecular formula is C9H4ClF3N2OS. The minimum Gasteiger partial charge on any atom is -0.294 e. The van der Waals surface area contributed by atoms with Crippen molar-refractivity contribution in [3.05, 3.63) is 23.2 Å². The van der Waals surface area contributed by atoms with Crippen LogP contribution in [0.4, 0.5) is 18.3 Å². The average Bonchev–Trinajstić information content (AvgIpc) is 2.57. The zero-order chi connectivity index (χ0) is 12.6. The van der Waals surface area contributed by atoms with Crippen LogP contribution in [-0.2, 0) is 4.79 Å². The minimum atomic E-state index is -4.92. The van der Waals surface area contributed by atoms with Gasteiger partial charge in [-0.15, -0.1) is 0 Å². The molecule has 1 amide bonds. The topological polar surface area (TPSA) is 42.0 Å². The molecule has 0 saturated heterocycles. The monoisotopic (exact) mass is 280 g/mol.